The van der Waals surface area contributed by atoms with Crippen LogP contribution in [0.2, 0.25) is 0 Å². The maximum atomic E-state index is 12.9. The van der Waals surface area contributed by atoms with Crippen molar-refractivity contribution >= 4 is 22.6 Å². The molecule has 0 saturated heterocycles. The van der Waals surface area contributed by atoms with Gasteiger partial charge in [0.2, 0.25) is 0 Å². The van der Waals surface area contributed by atoms with Crippen molar-refractivity contribution in [3.05, 3.63) is 89.0 Å². The Hall–Kier alpha value is -3.73. The van der Waals surface area contributed by atoms with Crippen LogP contribution in [-0.2, 0) is 0 Å². The second kappa shape index (κ2) is 6.16. The van der Waals surface area contributed by atoms with Crippen LogP contribution in [0, 0.1) is 0 Å². The molecule has 1 unspecified atom stereocenters. The first-order valence-electron chi connectivity index (χ1n) is 9.07. The monoisotopic (exact) mass is 368 g/mol. The van der Waals surface area contributed by atoms with Crippen molar-refractivity contribution < 1.29 is 14.1 Å². The van der Waals surface area contributed by atoms with Crippen LogP contribution >= 0.6 is 0 Å². The topological polar surface area (TPSA) is 72.2 Å². The Morgan fingerprint density at radius 1 is 0.929 bits per heavy atom. The number of hydrogen-bond donors (Lipinski definition) is 1. The van der Waals surface area contributed by atoms with Crippen molar-refractivity contribution in [1.29, 1.82) is 0 Å². The Morgan fingerprint density at radius 3 is 2.43 bits per heavy atom. The molecule has 1 aromatic heterocycles. The lowest BCUT2D eigenvalue weighted by Gasteiger charge is -2.16. The largest absolute Gasteiger partial charge is 0.355 e. The van der Waals surface area contributed by atoms with E-state index in [2.05, 4.69) is 10.5 Å². The fraction of sp³-hybridized carbons (Fsp3) is 0.0870. The highest BCUT2D eigenvalue weighted by Gasteiger charge is 2.31. The summed E-state index contributed by atoms with van der Waals surface area (Å²) < 4.78 is 5.57. The van der Waals surface area contributed by atoms with Crippen LogP contribution in [0.25, 0.3) is 22.2 Å². The molecule has 3 aromatic carbocycles. The van der Waals surface area contributed by atoms with Crippen LogP contribution < -0.4 is 5.32 Å². The first kappa shape index (κ1) is 16.4. The summed E-state index contributed by atoms with van der Waals surface area (Å²) >= 11 is 0. The minimum absolute atomic E-state index is 0.0825. The molecule has 136 valence electrons. The number of rotatable bonds is 3. The number of hydrogen-bond acceptors (Lipinski definition) is 4. The Bertz CT molecular complexity index is 1240. The Balaban J connectivity index is 1.58. The molecule has 1 atom stereocenters. The van der Waals surface area contributed by atoms with E-state index in [1.807, 2.05) is 55.5 Å². The molecule has 0 aliphatic heterocycles. The van der Waals surface area contributed by atoms with Gasteiger partial charge in [0.05, 0.1) is 17.0 Å². The quantitative estimate of drug-likeness (QED) is 0.508. The van der Waals surface area contributed by atoms with Crippen molar-refractivity contribution in [2.75, 3.05) is 0 Å². The summed E-state index contributed by atoms with van der Waals surface area (Å²) in [6.07, 6.45) is 0. The van der Waals surface area contributed by atoms with E-state index in [0.717, 1.165) is 5.56 Å². The van der Waals surface area contributed by atoms with Crippen molar-refractivity contribution in [2.24, 2.45) is 0 Å². The summed E-state index contributed by atoms with van der Waals surface area (Å²) in [6, 6.07) is 20.2. The van der Waals surface area contributed by atoms with Crippen LogP contribution in [0.4, 0.5) is 0 Å². The van der Waals surface area contributed by atoms with E-state index < -0.39 is 0 Å². The molecule has 1 heterocycles. The summed E-state index contributed by atoms with van der Waals surface area (Å²) in [5.41, 5.74) is 3.62. The number of nitrogens with zero attached hydrogens (tertiary/aromatic N) is 1. The molecule has 1 N–H and O–H groups in total. The minimum Gasteiger partial charge on any atom is -0.355 e. The summed E-state index contributed by atoms with van der Waals surface area (Å²) in [6.45, 7) is 1.93. The zero-order chi connectivity index (χ0) is 19.3. The second-order valence-electron chi connectivity index (χ2n) is 6.88. The van der Waals surface area contributed by atoms with E-state index in [4.69, 9.17) is 4.52 Å². The van der Waals surface area contributed by atoms with Crippen LogP contribution in [0.3, 0.4) is 0 Å². The molecule has 1 amide bonds. The maximum Gasteiger partial charge on any atom is 0.254 e. The number of amides is 1. The van der Waals surface area contributed by atoms with Crippen LogP contribution in [-0.4, -0.2) is 16.8 Å². The molecule has 0 bridgehead atoms. The molecule has 5 nitrogen and oxygen atoms in total. The molecule has 28 heavy (non-hydrogen) atoms. The molecule has 0 saturated carbocycles. The zero-order valence-electron chi connectivity index (χ0n) is 15.1. The van der Waals surface area contributed by atoms with Crippen LogP contribution in [0.5, 0.6) is 0 Å². The average Bonchev–Trinajstić information content (AvgIpc) is 3.18. The van der Waals surface area contributed by atoms with Crippen LogP contribution in [0.1, 0.15) is 44.8 Å². The van der Waals surface area contributed by atoms with Gasteiger partial charge in [-0.05, 0) is 24.6 Å². The number of benzene rings is 3. The fourth-order valence-corrected chi connectivity index (χ4v) is 3.73. The summed E-state index contributed by atoms with van der Waals surface area (Å²) in [5.74, 6) is 0.195. The van der Waals surface area contributed by atoms with Crippen molar-refractivity contribution in [3.63, 3.8) is 0 Å². The summed E-state index contributed by atoms with van der Waals surface area (Å²) in [5, 5.41) is 7.73. The number of fused-ring (bicyclic) bond motifs is 2. The van der Waals surface area contributed by atoms with Gasteiger partial charge in [-0.1, -0.05) is 59.8 Å². The average molecular weight is 368 g/mol. The SMILES string of the molecule is CC(NC(=O)c1ccc2c3c(onc13)-c1ccccc1C2=O)c1ccccc1. The van der Waals surface area contributed by atoms with Gasteiger partial charge in [0, 0.05) is 16.7 Å². The normalized spacial score (nSPS) is 13.2. The standard InChI is InChI=1S/C23H16N2O3/c1-13(14-7-3-2-4-8-14)24-23(27)18-12-11-17-19-20(18)25-28-22(19)16-10-6-5-9-15(16)21(17)26/h2-13H,1H3,(H,24,27). The molecule has 5 heteroatoms. The van der Waals surface area contributed by atoms with Crippen molar-refractivity contribution in [1.82, 2.24) is 10.5 Å². The van der Waals surface area contributed by atoms with Gasteiger partial charge >= 0.3 is 0 Å². The third-order valence-corrected chi connectivity index (χ3v) is 5.19. The van der Waals surface area contributed by atoms with E-state index in [1.165, 1.54) is 0 Å². The van der Waals surface area contributed by atoms with Gasteiger partial charge in [-0.2, -0.15) is 0 Å². The molecular formula is C23H16N2O3. The predicted octanol–water partition coefficient (Wildman–Crippen LogP) is 4.53. The molecule has 0 radical (unpaired) electrons. The third kappa shape index (κ3) is 2.36. The third-order valence-electron chi connectivity index (χ3n) is 5.19. The second-order valence-corrected chi connectivity index (χ2v) is 6.88. The highest BCUT2D eigenvalue weighted by atomic mass is 16.5. The van der Waals surface area contributed by atoms with E-state index in [0.29, 0.717) is 38.9 Å². The molecule has 1 aliphatic carbocycles. The van der Waals surface area contributed by atoms with E-state index in [1.54, 1.807) is 18.2 Å². The number of nitrogens with one attached hydrogen (secondary N) is 1. The summed E-state index contributed by atoms with van der Waals surface area (Å²) in [7, 11) is 0. The van der Waals surface area contributed by atoms with Gasteiger partial charge in [0.15, 0.2) is 11.5 Å². The first-order valence-corrected chi connectivity index (χ1v) is 9.07. The fourth-order valence-electron chi connectivity index (χ4n) is 3.73. The first-order chi connectivity index (χ1) is 13.6. The summed E-state index contributed by atoms with van der Waals surface area (Å²) in [4.78, 5) is 25.8. The number of carbonyl (C=O) groups is 2. The molecular weight excluding hydrogens is 352 g/mol. The van der Waals surface area contributed by atoms with Crippen molar-refractivity contribution in [2.45, 2.75) is 13.0 Å². The smallest absolute Gasteiger partial charge is 0.254 e. The van der Waals surface area contributed by atoms with Gasteiger partial charge in [0.1, 0.15) is 5.52 Å². The Morgan fingerprint density at radius 2 is 1.64 bits per heavy atom. The van der Waals surface area contributed by atoms with Gasteiger partial charge in [-0.3, -0.25) is 9.59 Å². The van der Waals surface area contributed by atoms with E-state index >= 15 is 0 Å². The van der Waals surface area contributed by atoms with Crippen LogP contribution in [0.15, 0.2) is 71.3 Å². The zero-order valence-corrected chi connectivity index (χ0v) is 15.1. The van der Waals surface area contributed by atoms with Crippen molar-refractivity contribution in [3.8, 4) is 11.3 Å². The molecule has 5 rings (SSSR count). The highest BCUT2D eigenvalue weighted by Crippen LogP contribution is 2.40. The maximum absolute atomic E-state index is 12.9. The lowest BCUT2D eigenvalue weighted by atomic mass is 9.87. The Kier molecular flexibility index (Phi) is 3.62. The van der Waals surface area contributed by atoms with Gasteiger partial charge < -0.3 is 9.84 Å². The Labute approximate surface area is 161 Å². The van der Waals surface area contributed by atoms with Gasteiger partial charge in [-0.25, -0.2) is 0 Å². The minimum atomic E-state index is -0.255. The van der Waals surface area contributed by atoms with E-state index in [9.17, 15) is 9.59 Å². The number of aromatic nitrogens is 1. The lowest BCUT2D eigenvalue weighted by molar-refractivity contribution is 0.0940. The highest BCUT2D eigenvalue weighted by molar-refractivity contribution is 6.26. The molecule has 1 aliphatic rings. The predicted molar refractivity (Wildman–Crippen MR) is 105 cm³/mol. The number of carbonyl (C=O) groups excluding carboxylic acids is 2. The molecule has 4 aromatic rings. The molecule has 0 spiro atoms. The molecule has 0 fully saturated rings. The van der Waals surface area contributed by atoms with E-state index in [-0.39, 0.29) is 17.7 Å². The van der Waals surface area contributed by atoms with Gasteiger partial charge in [0.25, 0.3) is 5.91 Å². The number of ketones is 1. The van der Waals surface area contributed by atoms with Gasteiger partial charge in [-0.15, -0.1) is 0 Å². The lowest BCUT2D eigenvalue weighted by Crippen LogP contribution is -2.27.